The molecule has 0 aliphatic rings. The fourth-order valence-electron chi connectivity index (χ4n) is 1.33. The lowest BCUT2D eigenvalue weighted by Gasteiger charge is -2.17. The molecule has 18 heavy (non-hydrogen) atoms. The van der Waals surface area contributed by atoms with Crippen molar-refractivity contribution in [1.29, 1.82) is 5.26 Å². The number of rotatable bonds is 4. The first-order valence-electron chi connectivity index (χ1n) is 5.60. The van der Waals surface area contributed by atoms with Crippen LogP contribution in [0, 0.1) is 11.3 Å². The lowest BCUT2D eigenvalue weighted by atomic mass is 10.00. The topological polar surface area (TPSA) is 78.9 Å². The van der Waals surface area contributed by atoms with E-state index in [-0.39, 0.29) is 11.4 Å². The fraction of sp³-hybridized carbons (Fsp3) is 0.385. The van der Waals surface area contributed by atoms with Gasteiger partial charge in [0.2, 0.25) is 5.91 Å². The molecule has 0 aliphatic carbocycles. The second kappa shape index (κ2) is 5.85. The summed E-state index contributed by atoms with van der Waals surface area (Å²) in [6.07, 6.45) is 0.923. The number of halogens is 1. The van der Waals surface area contributed by atoms with Gasteiger partial charge in [-0.15, -0.1) is 0 Å². The zero-order valence-electron chi connectivity index (χ0n) is 10.5. The number of nitrogens with two attached hydrogens (primary N) is 1. The van der Waals surface area contributed by atoms with Crippen molar-refractivity contribution in [3.05, 3.63) is 28.8 Å². The minimum Gasteiger partial charge on any atom is -0.326 e. The van der Waals surface area contributed by atoms with E-state index >= 15 is 0 Å². The molecule has 1 rings (SSSR count). The van der Waals surface area contributed by atoms with E-state index in [4.69, 9.17) is 22.6 Å². The van der Waals surface area contributed by atoms with E-state index in [2.05, 4.69) is 5.32 Å². The summed E-state index contributed by atoms with van der Waals surface area (Å²) in [7, 11) is 0. The Kier molecular flexibility index (Phi) is 4.71. The molecule has 4 nitrogen and oxygen atoms in total. The van der Waals surface area contributed by atoms with Crippen molar-refractivity contribution in [2.75, 3.05) is 5.32 Å². The van der Waals surface area contributed by atoms with Crippen LogP contribution in [-0.4, -0.2) is 11.4 Å². The summed E-state index contributed by atoms with van der Waals surface area (Å²) in [5.74, 6) is -0.139. The molecule has 0 atom stereocenters. The summed E-state index contributed by atoms with van der Waals surface area (Å²) in [5, 5.41) is 11.8. The van der Waals surface area contributed by atoms with Crippen LogP contribution in [0.4, 0.5) is 5.69 Å². The van der Waals surface area contributed by atoms with Crippen LogP contribution in [0.15, 0.2) is 18.2 Å². The van der Waals surface area contributed by atoms with E-state index in [1.807, 2.05) is 19.9 Å². The van der Waals surface area contributed by atoms with Gasteiger partial charge < -0.3 is 11.1 Å². The predicted octanol–water partition coefficient (Wildman–Crippen LogP) is 2.67. The van der Waals surface area contributed by atoms with Gasteiger partial charge >= 0.3 is 0 Å². The zero-order valence-corrected chi connectivity index (χ0v) is 11.2. The van der Waals surface area contributed by atoms with Crippen LogP contribution in [-0.2, 0) is 4.79 Å². The standard InChI is InChI=1S/C13H16ClN3O/c1-13(2,16)6-5-12(18)17-11-4-3-9(8-15)7-10(11)14/h3-4,7H,5-6,16H2,1-2H3,(H,17,18). The number of benzene rings is 1. The lowest BCUT2D eigenvalue weighted by Crippen LogP contribution is -2.33. The van der Waals surface area contributed by atoms with Crippen LogP contribution in [0.1, 0.15) is 32.3 Å². The molecule has 5 heteroatoms. The van der Waals surface area contributed by atoms with Gasteiger partial charge in [-0.3, -0.25) is 4.79 Å². The molecule has 0 saturated carbocycles. The number of anilines is 1. The van der Waals surface area contributed by atoms with E-state index in [1.165, 1.54) is 6.07 Å². The number of hydrogen-bond acceptors (Lipinski definition) is 3. The number of nitrogens with one attached hydrogen (secondary N) is 1. The largest absolute Gasteiger partial charge is 0.326 e. The van der Waals surface area contributed by atoms with Crippen LogP contribution in [0.2, 0.25) is 5.02 Å². The van der Waals surface area contributed by atoms with Gasteiger partial charge in [-0.1, -0.05) is 11.6 Å². The quantitative estimate of drug-likeness (QED) is 0.878. The summed E-state index contributed by atoms with van der Waals surface area (Å²) >= 11 is 5.95. The highest BCUT2D eigenvalue weighted by Gasteiger charge is 2.14. The maximum atomic E-state index is 11.7. The van der Waals surface area contributed by atoms with Crippen molar-refractivity contribution in [2.24, 2.45) is 5.73 Å². The summed E-state index contributed by atoms with van der Waals surface area (Å²) in [6, 6.07) is 6.72. The third kappa shape index (κ3) is 4.74. The van der Waals surface area contributed by atoms with Gasteiger partial charge in [0.05, 0.1) is 22.3 Å². The van der Waals surface area contributed by atoms with Crippen LogP contribution < -0.4 is 11.1 Å². The summed E-state index contributed by atoms with van der Waals surface area (Å²) in [4.78, 5) is 11.7. The smallest absolute Gasteiger partial charge is 0.224 e. The number of hydrogen-bond donors (Lipinski definition) is 2. The van der Waals surface area contributed by atoms with E-state index in [0.29, 0.717) is 29.1 Å². The Morgan fingerprint density at radius 1 is 1.56 bits per heavy atom. The molecule has 0 fully saturated rings. The van der Waals surface area contributed by atoms with Gasteiger partial charge in [0.15, 0.2) is 0 Å². The summed E-state index contributed by atoms with van der Waals surface area (Å²) < 4.78 is 0. The third-order valence-electron chi connectivity index (χ3n) is 2.37. The molecule has 1 amide bonds. The number of carbonyl (C=O) groups is 1. The lowest BCUT2D eigenvalue weighted by molar-refractivity contribution is -0.116. The Balaban J connectivity index is 2.63. The van der Waals surface area contributed by atoms with Crippen LogP contribution in [0.25, 0.3) is 0 Å². The molecule has 3 N–H and O–H groups in total. The zero-order chi connectivity index (χ0) is 13.8. The van der Waals surface area contributed by atoms with Crippen molar-refractivity contribution in [3.8, 4) is 6.07 Å². The second-order valence-corrected chi connectivity index (χ2v) is 5.25. The molecule has 96 valence electrons. The molecule has 0 unspecified atom stereocenters. The molecular formula is C13H16ClN3O. The average molecular weight is 266 g/mol. The van der Waals surface area contributed by atoms with Gasteiger partial charge in [0, 0.05) is 12.0 Å². The van der Waals surface area contributed by atoms with Crippen molar-refractivity contribution in [1.82, 2.24) is 0 Å². The minimum absolute atomic E-state index is 0.139. The first kappa shape index (κ1) is 14.5. The van der Waals surface area contributed by atoms with Crippen LogP contribution in [0.5, 0.6) is 0 Å². The van der Waals surface area contributed by atoms with Crippen molar-refractivity contribution < 1.29 is 4.79 Å². The second-order valence-electron chi connectivity index (χ2n) is 4.84. The van der Waals surface area contributed by atoms with E-state index in [9.17, 15) is 4.79 Å². The Hall–Kier alpha value is -1.57. The van der Waals surface area contributed by atoms with Crippen molar-refractivity contribution in [3.63, 3.8) is 0 Å². The van der Waals surface area contributed by atoms with Gasteiger partial charge in [-0.05, 0) is 38.5 Å². The third-order valence-corrected chi connectivity index (χ3v) is 2.68. The molecule has 0 aliphatic heterocycles. The number of nitrogens with zero attached hydrogens (tertiary/aromatic N) is 1. The van der Waals surface area contributed by atoms with Crippen molar-refractivity contribution in [2.45, 2.75) is 32.2 Å². The van der Waals surface area contributed by atoms with E-state index < -0.39 is 0 Å². The maximum Gasteiger partial charge on any atom is 0.224 e. The van der Waals surface area contributed by atoms with Gasteiger partial charge in [-0.2, -0.15) is 5.26 Å². The number of nitriles is 1. The Bertz CT molecular complexity index is 486. The Morgan fingerprint density at radius 2 is 2.22 bits per heavy atom. The Morgan fingerprint density at radius 3 is 2.72 bits per heavy atom. The molecule has 1 aromatic rings. The van der Waals surface area contributed by atoms with E-state index in [0.717, 1.165) is 0 Å². The van der Waals surface area contributed by atoms with Crippen molar-refractivity contribution >= 4 is 23.2 Å². The SMILES string of the molecule is CC(C)(N)CCC(=O)Nc1ccc(C#N)cc1Cl. The highest BCUT2D eigenvalue weighted by atomic mass is 35.5. The average Bonchev–Trinajstić information content (AvgIpc) is 2.28. The molecule has 0 spiro atoms. The molecule has 1 aromatic carbocycles. The monoisotopic (exact) mass is 265 g/mol. The highest BCUT2D eigenvalue weighted by molar-refractivity contribution is 6.33. The molecule has 0 saturated heterocycles. The van der Waals surface area contributed by atoms with E-state index in [1.54, 1.807) is 12.1 Å². The minimum atomic E-state index is -0.369. The maximum absolute atomic E-state index is 11.7. The summed E-state index contributed by atoms with van der Waals surface area (Å²) in [5.41, 5.74) is 6.40. The molecule has 0 bridgehead atoms. The van der Waals surface area contributed by atoms with Gasteiger partial charge in [-0.25, -0.2) is 0 Å². The Labute approximate surface area is 112 Å². The molecule has 0 aromatic heterocycles. The highest BCUT2D eigenvalue weighted by Crippen LogP contribution is 2.23. The number of amides is 1. The summed E-state index contributed by atoms with van der Waals surface area (Å²) in [6.45, 7) is 3.74. The van der Waals surface area contributed by atoms with Gasteiger partial charge in [0.1, 0.15) is 0 Å². The first-order chi connectivity index (χ1) is 8.31. The normalized spacial score (nSPS) is 10.8. The first-order valence-corrected chi connectivity index (χ1v) is 5.98. The molecule has 0 radical (unpaired) electrons. The molecular weight excluding hydrogens is 250 g/mol. The van der Waals surface area contributed by atoms with Crippen LogP contribution >= 0.6 is 11.6 Å². The van der Waals surface area contributed by atoms with Crippen LogP contribution in [0.3, 0.4) is 0 Å². The predicted molar refractivity (Wildman–Crippen MR) is 72.3 cm³/mol. The number of carbonyl (C=O) groups excluding carboxylic acids is 1. The fourth-order valence-corrected chi connectivity index (χ4v) is 1.56. The molecule has 0 heterocycles. The van der Waals surface area contributed by atoms with Gasteiger partial charge in [0.25, 0.3) is 0 Å².